The summed E-state index contributed by atoms with van der Waals surface area (Å²) in [4.78, 5) is 11.4. The van der Waals surface area contributed by atoms with E-state index in [0.29, 0.717) is 0 Å². The molecule has 0 bridgehead atoms. The average Bonchev–Trinajstić information content (AvgIpc) is 2.26. The largest absolute Gasteiger partial charge is 0.417 e. The van der Waals surface area contributed by atoms with E-state index in [1.54, 1.807) is 6.26 Å². The van der Waals surface area contributed by atoms with Gasteiger partial charge < -0.3 is 0 Å². The first-order valence-electron chi connectivity index (χ1n) is 4.71. The van der Waals surface area contributed by atoms with Crippen molar-refractivity contribution in [3.63, 3.8) is 0 Å². The topological polar surface area (TPSA) is 17.1 Å². The SMILES string of the molecule is CSc1cccc(CC(=O)CBr)c1C(F)(F)F. The van der Waals surface area contributed by atoms with E-state index in [2.05, 4.69) is 15.9 Å². The van der Waals surface area contributed by atoms with Gasteiger partial charge in [-0.1, -0.05) is 28.1 Å². The van der Waals surface area contributed by atoms with Crippen LogP contribution in [-0.2, 0) is 17.4 Å². The van der Waals surface area contributed by atoms with Crippen LogP contribution >= 0.6 is 27.7 Å². The Balaban J connectivity index is 3.25. The molecule has 0 aliphatic heterocycles. The van der Waals surface area contributed by atoms with Crippen LogP contribution in [0.2, 0.25) is 0 Å². The number of halogens is 4. The van der Waals surface area contributed by atoms with Crippen molar-refractivity contribution in [2.45, 2.75) is 17.5 Å². The maximum atomic E-state index is 12.9. The molecule has 1 rings (SSSR count). The average molecular weight is 327 g/mol. The Labute approximate surface area is 110 Å². The molecule has 0 atom stereocenters. The summed E-state index contributed by atoms with van der Waals surface area (Å²) in [5.41, 5.74) is -0.657. The van der Waals surface area contributed by atoms with E-state index in [-0.39, 0.29) is 28.0 Å². The molecule has 94 valence electrons. The number of alkyl halides is 4. The van der Waals surface area contributed by atoms with E-state index < -0.39 is 11.7 Å². The quantitative estimate of drug-likeness (QED) is 0.616. The molecule has 0 amide bonds. The van der Waals surface area contributed by atoms with Crippen LogP contribution in [-0.4, -0.2) is 17.4 Å². The Morgan fingerprint density at radius 3 is 2.53 bits per heavy atom. The Kier molecular flexibility index (Phi) is 5.06. The van der Waals surface area contributed by atoms with Crippen molar-refractivity contribution in [2.24, 2.45) is 0 Å². The van der Waals surface area contributed by atoms with Gasteiger partial charge >= 0.3 is 6.18 Å². The second-order valence-electron chi connectivity index (χ2n) is 3.34. The molecule has 0 aliphatic rings. The smallest absolute Gasteiger partial charge is 0.298 e. The summed E-state index contributed by atoms with van der Waals surface area (Å²) >= 11 is 3.97. The Bertz CT molecular complexity index is 418. The highest BCUT2D eigenvalue weighted by Crippen LogP contribution is 2.38. The first-order chi connectivity index (χ1) is 7.90. The lowest BCUT2D eigenvalue weighted by Gasteiger charge is -2.15. The van der Waals surface area contributed by atoms with Gasteiger partial charge in [-0.2, -0.15) is 13.2 Å². The maximum absolute atomic E-state index is 12.9. The third-order valence-electron chi connectivity index (χ3n) is 2.15. The zero-order valence-electron chi connectivity index (χ0n) is 8.97. The minimum atomic E-state index is -4.43. The zero-order valence-corrected chi connectivity index (χ0v) is 11.4. The molecule has 6 heteroatoms. The molecule has 0 heterocycles. The lowest BCUT2D eigenvalue weighted by molar-refractivity contribution is -0.140. The lowest BCUT2D eigenvalue weighted by atomic mass is 10.0. The number of hydrogen-bond acceptors (Lipinski definition) is 2. The van der Waals surface area contributed by atoms with Crippen molar-refractivity contribution in [2.75, 3.05) is 11.6 Å². The molecular formula is C11H10BrF3OS. The third kappa shape index (κ3) is 3.74. The first kappa shape index (κ1) is 14.6. The molecule has 0 aromatic heterocycles. The lowest BCUT2D eigenvalue weighted by Crippen LogP contribution is -2.14. The third-order valence-corrected chi connectivity index (χ3v) is 3.56. The summed E-state index contributed by atoms with van der Waals surface area (Å²) in [6.45, 7) is 0. The normalized spacial score (nSPS) is 11.6. The zero-order chi connectivity index (χ0) is 13.1. The Morgan fingerprint density at radius 2 is 2.06 bits per heavy atom. The predicted molar refractivity (Wildman–Crippen MR) is 65.7 cm³/mol. The van der Waals surface area contributed by atoms with E-state index in [0.717, 1.165) is 11.8 Å². The minimum Gasteiger partial charge on any atom is -0.298 e. The van der Waals surface area contributed by atoms with Crippen LogP contribution in [0.25, 0.3) is 0 Å². The molecule has 0 aliphatic carbocycles. The first-order valence-corrected chi connectivity index (χ1v) is 7.05. The minimum absolute atomic E-state index is 0.0359. The van der Waals surface area contributed by atoms with Crippen LogP contribution < -0.4 is 0 Å². The number of Topliss-reactive ketones (excluding diaryl/α,β-unsaturated/α-hetero) is 1. The summed E-state index contributed by atoms with van der Waals surface area (Å²) in [6.07, 6.45) is -3.04. The number of ketones is 1. The van der Waals surface area contributed by atoms with Gasteiger partial charge in [0.05, 0.1) is 10.9 Å². The number of hydrogen-bond donors (Lipinski definition) is 0. The van der Waals surface area contributed by atoms with Crippen molar-refractivity contribution in [1.82, 2.24) is 0 Å². The van der Waals surface area contributed by atoms with Crippen molar-refractivity contribution >= 4 is 33.5 Å². The molecule has 0 saturated carbocycles. The molecule has 1 aromatic rings. The summed E-state index contributed by atoms with van der Waals surface area (Å²) in [7, 11) is 0. The van der Waals surface area contributed by atoms with Gasteiger partial charge in [-0.05, 0) is 17.9 Å². The summed E-state index contributed by atoms with van der Waals surface area (Å²) < 4.78 is 38.7. The van der Waals surface area contributed by atoms with Crippen LogP contribution in [0.5, 0.6) is 0 Å². The van der Waals surface area contributed by atoms with Crippen LogP contribution in [0.3, 0.4) is 0 Å². The maximum Gasteiger partial charge on any atom is 0.417 e. The fourth-order valence-electron chi connectivity index (χ4n) is 1.48. The van der Waals surface area contributed by atoms with E-state index in [1.165, 1.54) is 18.2 Å². The van der Waals surface area contributed by atoms with E-state index in [9.17, 15) is 18.0 Å². The molecule has 0 saturated heterocycles. The predicted octanol–water partition coefficient (Wildman–Crippen LogP) is 3.93. The van der Waals surface area contributed by atoms with Crippen molar-refractivity contribution in [3.05, 3.63) is 29.3 Å². The van der Waals surface area contributed by atoms with Crippen LogP contribution in [0, 0.1) is 0 Å². The van der Waals surface area contributed by atoms with Gasteiger partial charge in [-0.3, -0.25) is 4.79 Å². The second kappa shape index (κ2) is 5.91. The van der Waals surface area contributed by atoms with Gasteiger partial charge in [0.25, 0.3) is 0 Å². The highest BCUT2D eigenvalue weighted by Gasteiger charge is 2.36. The van der Waals surface area contributed by atoms with Crippen LogP contribution in [0.4, 0.5) is 13.2 Å². The molecule has 17 heavy (non-hydrogen) atoms. The Hall–Kier alpha value is -0.490. The van der Waals surface area contributed by atoms with Crippen LogP contribution in [0.15, 0.2) is 23.1 Å². The fourth-order valence-corrected chi connectivity index (χ4v) is 2.34. The molecule has 1 nitrogen and oxygen atoms in total. The van der Waals surface area contributed by atoms with Crippen molar-refractivity contribution in [1.29, 1.82) is 0 Å². The molecule has 0 radical (unpaired) electrons. The van der Waals surface area contributed by atoms with Crippen molar-refractivity contribution in [3.8, 4) is 0 Å². The standard InChI is InChI=1S/C11H10BrF3OS/c1-17-9-4-2-3-7(5-8(16)6-12)10(9)11(13,14)15/h2-4H,5-6H2,1H3. The van der Waals surface area contributed by atoms with Crippen LogP contribution in [0.1, 0.15) is 11.1 Å². The van der Waals surface area contributed by atoms with Gasteiger partial charge in [0, 0.05) is 11.3 Å². The van der Waals surface area contributed by atoms with Gasteiger partial charge in [0.1, 0.15) is 5.78 Å². The fraction of sp³-hybridized carbons (Fsp3) is 0.364. The number of thioether (sulfide) groups is 1. The summed E-state index contributed by atoms with van der Waals surface area (Å²) in [5.74, 6) is -0.270. The number of benzene rings is 1. The molecule has 0 unspecified atom stereocenters. The van der Waals surface area contributed by atoms with E-state index >= 15 is 0 Å². The summed E-state index contributed by atoms with van der Waals surface area (Å²) in [5, 5.41) is 0.0633. The Morgan fingerprint density at radius 1 is 1.41 bits per heavy atom. The van der Waals surface area contributed by atoms with E-state index in [4.69, 9.17) is 0 Å². The number of carbonyl (C=O) groups excluding carboxylic acids is 1. The van der Waals surface area contributed by atoms with Gasteiger partial charge in [0.15, 0.2) is 0 Å². The molecule has 0 fully saturated rings. The highest BCUT2D eigenvalue weighted by molar-refractivity contribution is 9.09. The molecule has 0 spiro atoms. The summed E-state index contributed by atoms with van der Waals surface area (Å²) in [6, 6.07) is 4.30. The highest BCUT2D eigenvalue weighted by atomic mass is 79.9. The molecule has 1 aromatic carbocycles. The monoisotopic (exact) mass is 326 g/mol. The van der Waals surface area contributed by atoms with Crippen molar-refractivity contribution < 1.29 is 18.0 Å². The second-order valence-corrected chi connectivity index (χ2v) is 4.75. The molecule has 0 N–H and O–H groups in total. The number of carbonyl (C=O) groups is 1. The number of rotatable bonds is 4. The van der Waals surface area contributed by atoms with Gasteiger partial charge in [-0.25, -0.2) is 0 Å². The van der Waals surface area contributed by atoms with E-state index in [1.807, 2.05) is 0 Å². The molecular weight excluding hydrogens is 317 g/mol. The van der Waals surface area contributed by atoms with Gasteiger partial charge in [-0.15, -0.1) is 11.8 Å². The van der Waals surface area contributed by atoms with Gasteiger partial charge in [0.2, 0.25) is 0 Å².